The predicted molar refractivity (Wildman–Crippen MR) is 98.9 cm³/mol. The lowest BCUT2D eigenvalue weighted by Gasteiger charge is -2.13. The Bertz CT molecular complexity index is 808. The van der Waals surface area contributed by atoms with E-state index in [1.165, 1.54) is 0 Å². The molecule has 0 radical (unpaired) electrons. The first kappa shape index (κ1) is 19.0. The second-order valence-electron chi connectivity index (χ2n) is 6.12. The summed E-state index contributed by atoms with van der Waals surface area (Å²) < 4.78 is 5.40. The summed E-state index contributed by atoms with van der Waals surface area (Å²) in [7, 11) is 0. The largest absolute Gasteiger partial charge is 0.484 e. The van der Waals surface area contributed by atoms with Gasteiger partial charge in [0, 0.05) is 6.54 Å². The fraction of sp³-hybridized carbons (Fsp3) is 0.250. The summed E-state index contributed by atoms with van der Waals surface area (Å²) in [5.74, 6) is 0.213. The van der Waals surface area contributed by atoms with Crippen LogP contribution in [-0.4, -0.2) is 25.0 Å². The minimum absolute atomic E-state index is 0.201. The molecule has 6 nitrogen and oxygen atoms in total. The predicted octanol–water partition coefficient (Wildman–Crippen LogP) is 2.96. The van der Waals surface area contributed by atoms with Gasteiger partial charge < -0.3 is 15.4 Å². The molecule has 0 aromatic heterocycles. The van der Waals surface area contributed by atoms with Crippen LogP contribution >= 0.6 is 0 Å². The van der Waals surface area contributed by atoms with Crippen LogP contribution in [0, 0.1) is 17.2 Å². The van der Waals surface area contributed by atoms with Gasteiger partial charge in [0.25, 0.3) is 11.8 Å². The summed E-state index contributed by atoms with van der Waals surface area (Å²) in [5, 5.41) is 14.3. The molecule has 0 bridgehead atoms. The van der Waals surface area contributed by atoms with Crippen molar-refractivity contribution in [2.24, 2.45) is 5.92 Å². The molecule has 0 aliphatic carbocycles. The minimum atomic E-state index is -0.376. The lowest BCUT2D eigenvalue weighted by molar-refractivity contribution is -0.118. The number of hydrogen-bond donors (Lipinski definition) is 2. The number of anilines is 1. The highest BCUT2D eigenvalue weighted by Gasteiger charge is 2.13. The molecule has 0 atom stereocenters. The highest BCUT2D eigenvalue weighted by atomic mass is 16.5. The Hall–Kier alpha value is -3.33. The van der Waals surface area contributed by atoms with Crippen LogP contribution in [-0.2, 0) is 4.79 Å². The van der Waals surface area contributed by atoms with E-state index in [1.807, 2.05) is 19.9 Å². The zero-order valence-corrected chi connectivity index (χ0v) is 14.8. The van der Waals surface area contributed by atoms with E-state index in [0.29, 0.717) is 35.0 Å². The average Bonchev–Trinajstić information content (AvgIpc) is 2.65. The monoisotopic (exact) mass is 351 g/mol. The summed E-state index contributed by atoms with van der Waals surface area (Å²) in [5.41, 5.74) is 1.35. The number of nitriles is 1. The molecule has 0 aliphatic rings. The third-order valence-corrected chi connectivity index (χ3v) is 3.47. The Kier molecular flexibility index (Phi) is 6.75. The molecular weight excluding hydrogens is 330 g/mol. The smallest absolute Gasteiger partial charge is 0.262 e. The van der Waals surface area contributed by atoms with Crippen LogP contribution in [0.25, 0.3) is 0 Å². The van der Waals surface area contributed by atoms with E-state index in [4.69, 9.17) is 10.00 Å². The van der Waals surface area contributed by atoms with Gasteiger partial charge in [0.1, 0.15) is 5.75 Å². The molecule has 2 amide bonds. The number of carbonyl (C=O) groups excluding carboxylic acids is 2. The van der Waals surface area contributed by atoms with Gasteiger partial charge >= 0.3 is 0 Å². The van der Waals surface area contributed by atoms with Crippen molar-refractivity contribution in [3.63, 3.8) is 0 Å². The number of amides is 2. The van der Waals surface area contributed by atoms with Gasteiger partial charge in [-0.2, -0.15) is 5.26 Å². The maximum Gasteiger partial charge on any atom is 0.262 e. The van der Waals surface area contributed by atoms with Crippen LogP contribution in [0.2, 0.25) is 0 Å². The molecule has 0 heterocycles. The molecule has 0 unspecified atom stereocenters. The number of para-hydroxylation sites is 1. The Morgan fingerprint density at radius 2 is 1.81 bits per heavy atom. The molecule has 0 saturated carbocycles. The molecule has 2 N–H and O–H groups in total. The quantitative estimate of drug-likeness (QED) is 0.802. The minimum Gasteiger partial charge on any atom is -0.484 e. The summed E-state index contributed by atoms with van der Waals surface area (Å²) >= 11 is 0. The van der Waals surface area contributed by atoms with Crippen molar-refractivity contribution in [3.8, 4) is 11.8 Å². The van der Waals surface area contributed by atoms with Crippen molar-refractivity contribution in [3.05, 3.63) is 59.7 Å². The lowest BCUT2D eigenvalue weighted by Crippen LogP contribution is -2.29. The maximum absolute atomic E-state index is 12.3. The third kappa shape index (κ3) is 5.64. The number of carbonyl (C=O) groups is 2. The van der Waals surface area contributed by atoms with Crippen LogP contribution < -0.4 is 15.4 Å². The molecule has 0 aliphatic heterocycles. The van der Waals surface area contributed by atoms with Crippen molar-refractivity contribution in [1.29, 1.82) is 5.26 Å². The van der Waals surface area contributed by atoms with E-state index in [-0.39, 0.29) is 18.4 Å². The molecule has 2 aromatic carbocycles. The van der Waals surface area contributed by atoms with Crippen molar-refractivity contribution >= 4 is 17.5 Å². The fourth-order valence-corrected chi connectivity index (χ4v) is 2.14. The molecule has 6 heteroatoms. The average molecular weight is 351 g/mol. The molecule has 26 heavy (non-hydrogen) atoms. The van der Waals surface area contributed by atoms with Crippen LogP contribution in [0.3, 0.4) is 0 Å². The van der Waals surface area contributed by atoms with E-state index in [0.717, 1.165) is 0 Å². The number of hydrogen-bond acceptors (Lipinski definition) is 4. The number of rotatable bonds is 7. The van der Waals surface area contributed by atoms with Crippen LogP contribution in [0.1, 0.15) is 29.8 Å². The third-order valence-electron chi connectivity index (χ3n) is 3.47. The van der Waals surface area contributed by atoms with E-state index < -0.39 is 0 Å². The van der Waals surface area contributed by atoms with Crippen LogP contribution in [0.15, 0.2) is 48.5 Å². The van der Waals surface area contributed by atoms with Crippen molar-refractivity contribution in [1.82, 2.24) is 5.32 Å². The summed E-state index contributed by atoms with van der Waals surface area (Å²) in [6, 6.07) is 15.3. The normalized spacial score (nSPS) is 10.1. The Morgan fingerprint density at radius 3 is 2.46 bits per heavy atom. The molecule has 134 valence electrons. The lowest BCUT2D eigenvalue weighted by atomic mass is 10.1. The second kappa shape index (κ2) is 9.23. The van der Waals surface area contributed by atoms with Crippen LogP contribution in [0.5, 0.6) is 5.75 Å². The van der Waals surface area contributed by atoms with E-state index >= 15 is 0 Å². The maximum atomic E-state index is 12.3. The van der Waals surface area contributed by atoms with Crippen molar-refractivity contribution in [2.45, 2.75) is 13.8 Å². The molecule has 0 fully saturated rings. The van der Waals surface area contributed by atoms with Gasteiger partial charge in [0.15, 0.2) is 6.61 Å². The Morgan fingerprint density at radius 1 is 1.12 bits per heavy atom. The number of nitrogens with one attached hydrogen (secondary N) is 2. The molecule has 0 spiro atoms. The van der Waals surface area contributed by atoms with Gasteiger partial charge in [0.05, 0.1) is 22.9 Å². The Balaban J connectivity index is 1.96. The van der Waals surface area contributed by atoms with Gasteiger partial charge in [-0.25, -0.2) is 0 Å². The molecule has 2 rings (SSSR count). The van der Waals surface area contributed by atoms with Gasteiger partial charge in [-0.05, 0) is 42.3 Å². The SMILES string of the molecule is CC(C)CNC(=O)c1ccccc1NC(=O)COc1ccc(C#N)cc1. The molecule has 2 aromatic rings. The van der Waals surface area contributed by atoms with Gasteiger partial charge in [-0.1, -0.05) is 26.0 Å². The van der Waals surface area contributed by atoms with Crippen LogP contribution in [0.4, 0.5) is 5.69 Å². The first-order chi connectivity index (χ1) is 12.5. The topological polar surface area (TPSA) is 91.2 Å². The van der Waals surface area contributed by atoms with E-state index in [2.05, 4.69) is 10.6 Å². The van der Waals surface area contributed by atoms with Gasteiger partial charge in [-0.3, -0.25) is 9.59 Å². The van der Waals surface area contributed by atoms with E-state index in [9.17, 15) is 9.59 Å². The highest BCUT2D eigenvalue weighted by molar-refractivity contribution is 6.04. The van der Waals surface area contributed by atoms with E-state index in [1.54, 1.807) is 48.5 Å². The second-order valence-corrected chi connectivity index (χ2v) is 6.12. The molecule has 0 saturated heterocycles. The van der Waals surface area contributed by atoms with Crippen molar-refractivity contribution < 1.29 is 14.3 Å². The van der Waals surface area contributed by atoms with Gasteiger partial charge in [-0.15, -0.1) is 0 Å². The van der Waals surface area contributed by atoms with Gasteiger partial charge in [0.2, 0.25) is 0 Å². The first-order valence-electron chi connectivity index (χ1n) is 8.29. The number of nitrogens with zero attached hydrogens (tertiary/aromatic N) is 1. The summed E-state index contributed by atoms with van der Waals surface area (Å²) in [6.45, 7) is 4.37. The number of benzene rings is 2. The first-order valence-corrected chi connectivity index (χ1v) is 8.29. The fourth-order valence-electron chi connectivity index (χ4n) is 2.14. The summed E-state index contributed by atoms with van der Waals surface area (Å²) in [4.78, 5) is 24.4. The zero-order valence-electron chi connectivity index (χ0n) is 14.8. The zero-order chi connectivity index (χ0) is 18.9. The summed E-state index contributed by atoms with van der Waals surface area (Å²) in [6.07, 6.45) is 0. The Labute approximate surface area is 152 Å². The molecular formula is C20H21N3O3. The highest BCUT2D eigenvalue weighted by Crippen LogP contribution is 2.16. The number of ether oxygens (including phenoxy) is 1. The van der Waals surface area contributed by atoms with Crippen molar-refractivity contribution in [2.75, 3.05) is 18.5 Å². The standard InChI is InChI=1S/C20H21N3O3/c1-14(2)12-22-20(25)17-5-3-4-6-18(17)23-19(24)13-26-16-9-7-15(11-21)8-10-16/h3-10,14H,12-13H2,1-2H3,(H,22,25)(H,23,24).